The van der Waals surface area contributed by atoms with Crippen LogP contribution in [0.1, 0.15) is 49.6 Å². The SMILES string of the molecule is CC(NC(C)c1nnc2n1CCC2)c1cccc(F)c1. The quantitative estimate of drug-likeness (QED) is 0.932. The largest absolute Gasteiger partial charge is 0.314 e. The van der Waals surface area contributed by atoms with Crippen molar-refractivity contribution in [1.29, 1.82) is 0 Å². The van der Waals surface area contributed by atoms with Crippen molar-refractivity contribution in [1.82, 2.24) is 20.1 Å². The van der Waals surface area contributed by atoms with E-state index in [1.807, 2.05) is 13.0 Å². The number of hydrogen-bond acceptors (Lipinski definition) is 3. The zero-order valence-electron chi connectivity index (χ0n) is 11.8. The average Bonchev–Trinajstić information content (AvgIpc) is 3.00. The molecule has 2 unspecified atom stereocenters. The summed E-state index contributed by atoms with van der Waals surface area (Å²) in [6.45, 7) is 5.11. The van der Waals surface area contributed by atoms with Gasteiger partial charge in [-0.25, -0.2) is 4.39 Å². The van der Waals surface area contributed by atoms with Gasteiger partial charge in [-0.2, -0.15) is 0 Å². The summed E-state index contributed by atoms with van der Waals surface area (Å²) in [5.41, 5.74) is 0.943. The molecule has 1 aromatic carbocycles. The Hall–Kier alpha value is -1.75. The Kier molecular flexibility index (Phi) is 3.53. The first-order chi connectivity index (χ1) is 9.65. The summed E-state index contributed by atoms with van der Waals surface area (Å²) in [7, 11) is 0. The first-order valence-corrected chi connectivity index (χ1v) is 7.08. The van der Waals surface area contributed by atoms with E-state index >= 15 is 0 Å². The molecule has 5 heteroatoms. The van der Waals surface area contributed by atoms with Gasteiger partial charge in [-0.3, -0.25) is 0 Å². The smallest absolute Gasteiger partial charge is 0.149 e. The second kappa shape index (κ2) is 5.32. The molecule has 2 aromatic rings. The lowest BCUT2D eigenvalue weighted by Gasteiger charge is -2.20. The standard InChI is InChI=1S/C15H19FN4/c1-10(12-5-3-6-13(16)9-12)17-11(2)15-19-18-14-7-4-8-20(14)15/h3,5-6,9-11,17H,4,7-8H2,1-2H3. The van der Waals surface area contributed by atoms with Crippen LogP contribution in [0.25, 0.3) is 0 Å². The Morgan fingerprint density at radius 2 is 2.10 bits per heavy atom. The van der Waals surface area contributed by atoms with Gasteiger partial charge in [0.05, 0.1) is 6.04 Å². The number of aromatic nitrogens is 3. The summed E-state index contributed by atoms with van der Waals surface area (Å²) in [5.74, 6) is 1.85. The van der Waals surface area contributed by atoms with E-state index in [0.717, 1.165) is 36.6 Å². The molecule has 2 atom stereocenters. The number of rotatable bonds is 4. The highest BCUT2D eigenvalue weighted by Gasteiger charge is 2.22. The molecule has 3 rings (SSSR count). The minimum Gasteiger partial charge on any atom is -0.314 e. The predicted molar refractivity (Wildman–Crippen MR) is 74.7 cm³/mol. The highest BCUT2D eigenvalue weighted by molar-refractivity contribution is 5.20. The van der Waals surface area contributed by atoms with E-state index < -0.39 is 0 Å². The molecule has 20 heavy (non-hydrogen) atoms. The summed E-state index contributed by atoms with van der Waals surface area (Å²) in [5, 5.41) is 12.0. The van der Waals surface area contributed by atoms with Gasteiger partial charge in [-0.05, 0) is 38.0 Å². The van der Waals surface area contributed by atoms with Gasteiger partial charge >= 0.3 is 0 Å². The van der Waals surface area contributed by atoms with Crippen molar-refractivity contribution in [3.63, 3.8) is 0 Å². The maximum atomic E-state index is 13.3. The fourth-order valence-electron chi connectivity index (χ4n) is 2.82. The van der Waals surface area contributed by atoms with Gasteiger partial charge in [-0.15, -0.1) is 10.2 Å². The molecule has 1 N–H and O–H groups in total. The van der Waals surface area contributed by atoms with Crippen molar-refractivity contribution in [2.24, 2.45) is 0 Å². The third-order valence-corrected chi connectivity index (χ3v) is 3.87. The van der Waals surface area contributed by atoms with Gasteiger partial charge < -0.3 is 9.88 Å². The molecule has 0 aliphatic carbocycles. The summed E-state index contributed by atoms with van der Waals surface area (Å²) >= 11 is 0. The van der Waals surface area contributed by atoms with Gasteiger partial charge in [0.1, 0.15) is 17.5 Å². The van der Waals surface area contributed by atoms with E-state index in [0.29, 0.717) is 0 Å². The first kappa shape index (κ1) is 13.2. The molecule has 0 fully saturated rings. The highest BCUT2D eigenvalue weighted by Crippen LogP contribution is 2.22. The molecular formula is C15H19FN4. The van der Waals surface area contributed by atoms with Gasteiger partial charge in [0, 0.05) is 19.0 Å². The molecule has 1 aromatic heterocycles. The second-order valence-electron chi connectivity index (χ2n) is 5.39. The zero-order chi connectivity index (χ0) is 14.1. The monoisotopic (exact) mass is 274 g/mol. The van der Waals surface area contributed by atoms with E-state index in [4.69, 9.17) is 0 Å². The van der Waals surface area contributed by atoms with Crippen molar-refractivity contribution in [2.45, 2.75) is 45.3 Å². The summed E-state index contributed by atoms with van der Waals surface area (Å²) < 4.78 is 15.5. The normalized spacial score (nSPS) is 16.9. The Bertz CT molecular complexity index is 608. The number of aryl methyl sites for hydroxylation is 1. The number of nitrogens with one attached hydrogen (secondary N) is 1. The van der Waals surface area contributed by atoms with Crippen LogP contribution < -0.4 is 5.32 Å². The van der Waals surface area contributed by atoms with Crippen molar-refractivity contribution in [3.05, 3.63) is 47.3 Å². The molecule has 1 aliphatic heterocycles. The van der Waals surface area contributed by atoms with E-state index in [2.05, 4.69) is 27.0 Å². The van der Waals surface area contributed by atoms with Crippen LogP contribution in [0.4, 0.5) is 4.39 Å². The van der Waals surface area contributed by atoms with E-state index in [9.17, 15) is 4.39 Å². The van der Waals surface area contributed by atoms with Gasteiger partial charge in [0.25, 0.3) is 0 Å². The average molecular weight is 274 g/mol. The van der Waals surface area contributed by atoms with Crippen LogP contribution >= 0.6 is 0 Å². The molecule has 4 nitrogen and oxygen atoms in total. The molecule has 1 aliphatic rings. The topological polar surface area (TPSA) is 42.7 Å². The zero-order valence-corrected chi connectivity index (χ0v) is 11.8. The van der Waals surface area contributed by atoms with Crippen LogP contribution in [0, 0.1) is 5.82 Å². The van der Waals surface area contributed by atoms with Crippen molar-refractivity contribution >= 4 is 0 Å². The molecule has 0 bridgehead atoms. The lowest BCUT2D eigenvalue weighted by Crippen LogP contribution is -2.25. The minimum absolute atomic E-state index is 0.0649. The molecule has 0 saturated heterocycles. The first-order valence-electron chi connectivity index (χ1n) is 7.08. The minimum atomic E-state index is -0.202. The Morgan fingerprint density at radius 1 is 1.25 bits per heavy atom. The number of benzene rings is 1. The molecule has 0 amide bonds. The van der Waals surface area contributed by atoms with E-state index in [1.54, 1.807) is 12.1 Å². The van der Waals surface area contributed by atoms with Gasteiger partial charge in [0.2, 0.25) is 0 Å². The van der Waals surface area contributed by atoms with E-state index in [1.165, 1.54) is 6.07 Å². The van der Waals surface area contributed by atoms with Gasteiger partial charge in [0.15, 0.2) is 0 Å². The Morgan fingerprint density at radius 3 is 2.90 bits per heavy atom. The number of nitrogens with zero attached hydrogens (tertiary/aromatic N) is 3. The van der Waals surface area contributed by atoms with Crippen LogP contribution in [0.5, 0.6) is 0 Å². The van der Waals surface area contributed by atoms with Crippen LogP contribution in [-0.2, 0) is 13.0 Å². The molecule has 0 saturated carbocycles. The molecule has 0 radical (unpaired) electrons. The predicted octanol–water partition coefficient (Wildman–Crippen LogP) is 2.78. The summed E-state index contributed by atoms with van der Waals surface area (Å²) in [6.07, 6.45) is 2.16. The third kappa shape index (κ3) is 2.45. The Balaban J connectivity index is 1.73. The Labute approximate surface area is 118 Å². The molecule has 106 valence electrons. The van der Waals surface area contributed by atoms with Crippen LogP contribution in [0.3, 0.4) is 0 Å². The lowest BCUT2D eigenvalue weighted by molar-refractivity contribution is 0.458. The molecule has 0 spiro atoms. The number of fused-ring (bicyclic) bond motifs is 1. The summed E-state index contributed by atoms with van der Waals surface area (Å²) in [4.78, 5) is 0. The second-order valence-corrected chi connectivity index (χ2v) is 5.39. The maximum Gasteiger partial charge on any atom is 0.149 e. The fourth-order valence-corrected chi connectivity index (χ4v) is 2.82. The van der Waals surface area contributed by atoms with Crippen molar-refractivity contribution in [2.75, 3.05) is 0 Å². The van der Waals surface area contributed by atoms with Gasteiger partial charge in [-0.1, -0.05) is 12.1 Å². The van der Waals surface area contributed by atoms with E-state index in [-0.39, 0.29) is 17.9 Å². The lowest BCUT2D eigenvalue weighted by atomic mass is 10.1. The van der Waals surface area contributed by atoms with Crippen molar-refractivity contribution < 1.29 is 4.39 Å². The fraction of sp³-hybridized carbons (Fsp3) is 0.467. The number of halogens is 1. The third-order valence-electron chi connectivity index (χ3n) is 3.87. The maximum absolute atomic E-state index is 13.3. The van der Waals surface area contributed by atoms with Crippen LogP contribution in [0.2, 0.25) is 0 Å². The highest BCUT2D eigenvalue weighted by atomic mass is 19.1. The molecule has 2 heterocycles. The number of hydrogen-bond donors (Lipinski definition) is 1. The summed E-state index contributed by atoms with van der Waals surface area (Å²) in [6, 6.07) is 6.86. The van der Waals surface area contributed by atoms with Crippen LogP contribution in [0.15, 0.2) is 24.3 Å². The van der Waals surface area contributed by atoms with Crippen LogP contribution in [-0.4, -0.2) is 14.8 Å². The van der Waals surface area contributed by atoms with Crippen molar-refractivity contribution in [3.8, 4) is 0 Å². The molecular weight excluding hydrogens is 255 g/mol.